The number of carbonyl (C=O) groups excluding carboxylic acids is 1. The van der Waals surface area contributed by atoms with Crippen LogP contribution in [0.3, 0.4) is 0 Å². The second-order valence-electron chi connectivity index (χ2n) is 5.01. The summed E-state index contributed by atoms with van der Waals surface area (Å²) in [5.41, 5.74) is 3.13. The number of halogens is 1. The Kier molecular flexibility index (Phi) is 5.02. The van der Waals surface area contributed by atoms with Crippen molar-refractivity contribution in [1.29, 1.82) is 0 Å². The highest BCUT2D eigenvalue weighted by Crippen LogP contribution is 2.19. The minimum Gasteiger partial charge on any atom is -0.481 e. The Bertz CT molecular complexity index is 655. The average Bonchev–Trinajstić information content (AvgIpc) is 2.43. The zero-order valence-electron chi connectivity index (χ0n) is 12.3. The van der Waals surface area contributed by atoms with Crippen molar-refractivity contribution in [1.82, 2.24) is 0 Å². The Balaban J connectivity index is 2.00. The van der Waals surface area contributed by atoms with Crippen molar-refractivity contribution < 1.29 is 9.53 Å². The van der Waals surface area contributed by atoms with Gasteiger partial charge in [0, 0.05) is 10.2 Å². The number of rotatable bonds is 4. The lowest BCUT2D eigenvalue weighted by molar-refractivity contribution is -0.122. The van der Waals surface area contributed by atoms with Crippen LogP contribution in [0, 0.1) is 13.8 Å². The predicted molar refractivity (Wildman–Crippen MR) is 88.8 cm³/mol. The Morgan fingerprint density at radius 3 is 2.57 bits per heavy atom. The van der Waals surface area contributed by atoms with Gasteiger partial charge in [-0.2, -0.15) is 0 Å². The molecule has 0 bridgehead atoms. The van der Waals surface area contributed by atoms with Crippen molar-refractivity contribution >= 4 is 27.5 Å². The van der Waals surface area contributed by atoms with Crippen LogP contribution in [0.25, 0.3) is 0 Å². The van der Waals surface area contributed by atoms with Crippen molar-refractivity contribution in [2.45, 2.75) is 26.9 Å². The molecule has 21 heavy (non-hydrogen) atoms. The Morgan fingerprint density at radius 1 is 1.14 bits per heavy atom. The highest BCUT2D eigenvalue weighted by molar-refractivity contribution is 9.10. The van der Waals surface area contributed by atoms with Crippen molar-refractivity contribution in [2.75, 3.05) is 5.32 Å². The molecule has 0 saturated heterocycles. The van der Waals surface area contributed by atoms with E-state index in [-0.39, 0.29) is 5.91 Å². The van der Waals surface area contributed by atoms with E-state index in [1.165, 1.54) is 5.56 Å². The van der Waals surface area contributed by atoms with Gasteiger partial charge in [0.2, 0.25) is 0 Å². The van der Waals surface area contributed by atoms with Gasteiger partial charge in [-0.3, -0.25) is 4.79 Å². The lowest BCUT2D eigenvalue weighted by atomic mass is 10.1. The third-order valence-electron chi connectivity index (χ3n) is 3.25. The number of anilines is 1. The number of hydrogen-bond acceptors (Lipinski definition) is 2. The molecule has 1 atom stereocenters. The predicted octanol–water partition coefficient (Wildman–Crippen LogP) is 4.47. The maximum Gasteiger partial charge on any atom is 0.265 e. The standard InChI is InChI=1S/C17H18BrNO2/c1-11-7-8-15(9-12(11)2)19-17(20)13(3)21-16-6-4-5-14(18)10-16/h4-10,13H,1-3H3,(H,19,20)/t13-/m1/s1. The van der Waals surface area contributed by atoms with Gasteiger partial charge in [-0.1, -0.05) is 28.1 Å². The largest absolute Gasteiger partial charge is 0.481 e. The first-order valence-corrected chi connectivity index (χ1v) is 7.55. The van der Waals surface area contributed by atoms with E-state index < -0.39 is 6.10 Å². The molecule has 0 spiro atoms. The van der Waals surface area contributed by atoms with Gasteiger partial charge in [0.05, 0.1) is 0 Å². The molecule has 0 unspecified atom stereocenters. The van der Waals surface area contributed by atoms with Crippen molar-refractivity contribution in [2.24, 2.45) is 0 Å². The van der Waals surface area contributed by atoms with E-state index in [1.54, 1.807) is 6.92 Å². The van der Waals surface area contributed by atoms with E-state index in [2.05, 4.69) is 21.2 Å². The topological polar surface area (TPSA) is 38.3 Å². The summed E-state index contributed by atoms with van der Waals surface area (Å²) in [6.45, 7) is 5.80. The van der Waals surface area contributed by atoms with E-state index >= 15 is 0 Å². The molecule has 2 aromatic carbocycles. The summed E-state index contributed by atoms with van der Waals surface area (Å²) in [6, 6.07) is 13.3. The molecule has 3 nitrogen and oxygen atoms in total. The van der Waals surface area contributed by atoms with Crippen LogP contribution in [-0.4, -0.2) is 12.0 Å². The number of nitrogens with one attached hydrogen (secondary N) is 1. The maximum atomic E-state index is 12.2. The lowest BCUT2D eigenvalue weighted by Crippen LogP contribution is -2.30. The number of ether oxygens (including phenoxy) is 1. The van der Waals surface area contributed by atoms with E-state index in [1.807, 2.05) is 56.3 Å². The molecule has 110 valence electrons. The quantitative estimate of drug-likeness (QED) is 0.885. The van der Waals surface area contributed by atoms with E-state index in [0.717, 1.165) is 15.7 Å². The molecular weight excluding hydrogens is 330 g/mol. The average molecular weight is 348 g/mol. The fourth-order valence-electron chi connectivity index (χ4n) is 1.86. The van der Waals surface area contributed by atoms with Crippen LogP contribution < -0.4 is 10.1 Å². The van der Waals surface area contributed by atoms with Crippen LogP contribution in [0.1, 0.15) is 18.1 Å². The Morgan fingerprint density at radius 2 is 1.90 bits per heavy atom. The molecular formula is C17H18BrNO2. The highest BCUT2D eigenvalue weighted by atomic mass is 79.9. The second-order valence-corrected chi connectivity index (χ2v) is 5.92. The summed E-state index contributed by atoms with van der Waals surface area (Å²) < 4.78 is 6.56. The van der Waals surface area contributed by atoms with Gasteiger partial charge in [-0.15, -0.1) is 0 Å². The van der Waals surface area contributed by atoms with Crippen LogP contribution in [0.2, 0.25) is 0 Å². The molecule has 0 aliphatic carbocycles. The number of aryl methyl sites for hydroxylation is 2. The van der Waals surface area contributed by atoms with Crippen LogP contribution in [-0.2, 0) is 4.79 Å². The van der Waals surface area contributed by atoms with Gasteiger partial charge in [-0.05, 0) is 62.2 Å². The smallest absolute Gasteiger partial charge is 0.265 e. The van der Waals surface area contributed by atoms with Gasteiger partial charge in [0.1, 0.15) is 5.75 Å². The van der Waals surface area contributed by atoms with Crippen LogP contribution >= 0.6 is 15.9 Å². The summed E-state index contributed by atoms with van der Waals surface area (Å²) in [4.78, 5) is 12.2. The molecule has 0 fully saturated rings. The monoisotopic (exact) mass is 347 g/mol. The molecule has 1 N–H and O–H groups in total. The number of amides is 1. The normalized spacial score (nSPS) is 11.8. The molecule has 0 aliphatic rings. The Labute approximate surface area is 133 Å². The highest BCUT2D eigenvalue weighted by Gasteiger charge is 2.15. The summed E-state index contributed by atoms with van der Waals surface area (Å²) in [5.74, 6) is 0.491. The molecule has 1 amide bonds. The van der Waals surface area contributed by atoms with Crippen LogP contribution in [0.5, 0.6) is 5.75 Å². The number of benzene rings is 2. The van der Waals surface area contributed by atoms with E-state index in [4.69, 9.17) is 4.74 Å². The first-order chi connectivity index (χ1) is 9.95. The summed E-state index contributed by atoms with van der Waals surface area (Å²) >= 11 is 3.38. The lowest BCUT2D eigenvalue weighted by Gasteiger charge is -2.15. The fraction of sp³-hybridized carbons (Fsp3) is 0.235. The number of carbonyl (C=O) groups is 1. The van der Waals surface area contributed by atoms with Crippen molar-refractivity contribution in [3.63, 3.8) is 0 Å². The molecule has 0 radical (unpaired) electrons. The minimum atomic E-state index is -0.569. The van der Waals surface area contributed by atoms with Gasteiger partial charge >= 0.3 is 0 Å². The van der Waals surface area contributed by atoms with Crippen LogP contribution in [0.15, 0.2) is 46.9 Å². The first kappa shape index (κ1) is 15.6. The van der Waals surface area contributed by atoms with Crippen molar-refractivity contribution in [3.8, 4) is 5.75 Å². The maximum absolute atomic E-state index is 12.2. The summed E-state index contributed by atoms with van der Waals surface area (Å²) in [5, 5.41) is 2.87. The van der Waals surface area contributed by atoms with Gasteiger partial charge in [-0.25, -0.2) is 0 Å². The zero-order chi connectivity index (χ0) is 15.4. The third-order valence-corrected chi connectivity index (χ3v) is 3.75. The third kappa shape index (κ3) is 4.33. The molecule has 0 aliphatic heterocycles. The zero-order valence-corrected chi connectivity index (χ0v) is 13.9. The van der Waals surface area contributed by atoms with Gasteiger partial charge in [0.15, 0.2) is 6.10 Å². The minimum absolute atomic E-state index is 0.168. The molecule has 0 saturated carbocycles. The molecule has 4 heteroatoms. The SMILES string of the molecule is Cc1ccc(NC(=O)[C@@H](C)Oc2cccc(Br)c2)cc1C. The molecule has 2 rings (SSSR count). The Hall–Kier alpha value is -1.81. The second kappa shape index (κ2) is 6.76. The first-order valence-electron chi connectivity index (χ1n) is 6.76. The van der Waals surface area contributed by atoms with Crippen LogP contribution in [0.4, 0.5) is 5.69 Å². The van der Waals surface area contributed by atoms with Gasteiger partial charge < -0.3 is 10.1 Å². The molecule has 0 aromatic heterocycles. The summed E-state index contributed by atoms with van der Waals surface area (Å²) in [7, 11) is 0. The van der Waals surface area contributed by atoms with E-state index in [0.29, 0.717) is 5.75 Å². The molecule has 0 heterocycles. The fourth-order valence-corrected chi connectivity index (χ4v) is 2.24. The van der Waals surface area contributed by atoms with E-state index in [9.17, 15) is 4.79 Å². The molecule has 2 aromatic rings. The number of hydrogen-bond donors (Lipinski definition) is 1. The van der Waals surface area contributed by atoms with Crippen molar-refractivity contribution in [3.05, 3.63) is 58.1 Å². The summed E-state index contributed by atoms with van der Waals surface area (Å²) in [6.07, 6.45) is -0.569. The van der Waals surface area contributed by atoms with Gasteiger partial charge in [0.25, 0.3) is 5.91 Å².